The molecule has 0 saturated heterocycles. The van der Waals surface area contributed by atoms with Crippen LogP contribution in [-0.4, -0.2) is 25.2 Å². The number of anilines is 1. The Balaban J connectivity index is 1.98. The van der Waals surface area contributed by atoms with Crippen LogP contribution >= 0.6 is 0 Å². The van der Waals surface area contributed by atoms with Crippen LogP contribution in [0.1, 0.15) is 18.1 Å². The van der Waals surface area contributed by atoms with Gasteiger partial charge in [0.15, 0.2) is 0 Å². The van der Waals surface area contributed by atoms with E-state index in [1.807, 2.05) is 12.1 Å². The summed E-state index contributed by atoms with van der Waals surface area (Å²) in [7, 11) is 1.76. The maximum Gasteiger partial charge on any atom is 0.0500 e. The number of benzene rings is 1. The lowest BCUT2D eigenvalue weighted by molar-refractivity contribution is 0.129. The molecule has 0 aromatic heterocycles. The second kappa shape index (κ2) is 4.85. The zero-order valence-electron chi connectivity index (χ0n) is 10.1. The minimum absolute atomic E-state index is 0.570. The van der Waals surface area contributed by atoms with Crippen molar-refractivity contribution in [2.24, 2.45) is 5.92 Å². The number of ether oxygens (including phenoxy) is 1. The Kier molecular flexibility index (Phi) is 3.46. The van der Waals surface area contributed by atoms with E-state index >= 15 is 0 Å². The lowest BCUT2D eigenvalue weighted by Crippen LogP contribution is -2.25. The second-order valence-electron chi connectivity index (χ2n) is 4.72. The summed E-state index contributed by atoms with van der Waals surface area (Å²) in [6, 6.07) is 6.20. The highest BCUT2D eigenvalue weighted by Crippen LogP contribution is 2.27. The van der Waals surface area contributed by atoms with Crippen molar-refractivity contribution in [2.75, 3.05) is 26.0 Å². The molecule has 2 rings (SSSR count). The highest BCUT2D eigenvalue weighted by molar-refractivity contribution is 5.52. The third-order valence-electron chi connectivity index (χ3n) is 3.11. The van der Waals surface area contributed by atoms with Crippen molar-refractivity contribution in [3.63, 3.8) is 0 Å². The highest BCUT2D eigenvalue weighted by Gasteiger charge is 2.21. The first-order valence-electron chi connectivity index (χ1n) is 5.78. The van der Waals surface area contributed by atoms with Crippen LogP contribution in [0.3, 0.4) is 0 Å². The summed E-state index contributed by atoms with van der Waals surface area (Å²) in [5.41, 5.74) is 9.59. The molecule has 0 spiro atoms. The minimum Gasteiger partial charge on any atom is -0.398 e. The molecule has 0 bridgehead atoms. The van der Waals surface area contributed by atoms with Gasteiger partial charge in [-0.2, -0.15) is 0 Å². The molecule has 0 amide bonds. The molecule has 1 aromatic carbocycles. The van der Waals surface area contributed by atoms with Gasteiger partial charge in [0.2, 0.25) is 0 Å². The van der Waals surface area contributed by atoms with Crippen molar-refractivity contribution >= 4 is 5.69 Å². The van der Waals surface area contributed by atoms with E-state index in [4.69, 9.17) is 10.5 Å². The van der Waals surface area contributed by atoms with Gasteiger partial charge in [-0.15, -0.1) is 0 Å². The fourth-order valence-corrected chi connectivity index (χ4v) is 2.42. The van der Waals surface area contributed by atoms with Crippen LogP contribution in [0.2, 0.25) is 0 Å². The maximum absolute atomic E-state index is 5.97. The summed E-state index contributed by atoms with van der Waals surface area (Å²) in [6.07, 6.45) is 0. The summed E-state index contributed by atoms with van der Waals surface area (Å²) in [6.45, 7) is 6.12. The fourth-order valence-electron chi connectivity index (χ4n) is 2.42. The quantitative estimate of drug-likeness (QED) is 0.787. The van der Waals surface area contributed by atoms with Crippen LogP contribution in [-0.2, 0) is 17.8 Å². The van der Waals surface area contributed by atoms with E-state index in [-0.39, 0.29) is 0 Å². The normalized spacial score (nSPS) is 17.4. The average molecular weight is 220 g/mol. The summed E-state index contributed by atoms with van der Waals surface area (Å²) in [4.78, 5) is 2.44. The van der Waals surface area contributed by atoms with E-state index < -0.39 is 0 Å². The molecule has 1 aliphatic rings. The van der Waals surface area contributed by atoms with E-state index in [0.29, 0.717) is 5.92 Å². The molecule has 16 heavy (non-hydrogen) atoms. The van der Waals surface area contributed by atoms with Gasteiger partial charge in [0.25, 0.3) is 0 Å². The van der Waals surface area contributed by atoms with Gasteiger partial charge in [-0.05, 0) is 23.1 Å². The van der Waals surface area contributed by atoms with E-state index in [2.05, 4.69) is 17.9 Å². The molecule has 0 fully saturated rings. The average Bonchev–Trinajstić information content (AvgIpc) is 2.62. The number of hydrogen-bond donors (Lipinski definition) is 1. The molecular weight excluding hydrogens is 200 g/mol. The molecule has 1 atom stereocenters. The fraction of sp³-hybridized carbons (Fsp3) is 0.538. The number of nitrogens with two attached hydrogens (primary N) is 1. The largest absolute Gasteiger partial charge is 0.398 e. The van der Waals surface area contributed by atoms with Gasteiger partial charge in [0, 0.05) is 39.0 Å². The van der Waals surface area contributed by atoms with Crippen LogP contribution in [0.25, 0.3) is 0 Å². The lowest BCUT2D eigenvalue weighted by Gasteiger charge is -2.19. The highest BCUT2D eigenvalue weighted by atomic mass is 16.5. The van der Waals surface area contributed by atoms with Gasteiger partial charge >= 0.3 is 0 Å². The third-order valence-corrected chi connectivity index (χ3v) is 3.11. The standard InChI is InChI=1S/C13H20N2O/c1-10(9-16-2)6-15-7-11-4-3-5-13(14)12(11)8-15/h3-5,10H,6-9,14H2,1-2H3. The Morgan fingerprint density at radius 2 is 2.25 bits per heavy atom. The molecular formula is C13H20N2O. The Morgan fingerprint density at radius 1 is 1.44 bits per heavy atom. The van der Waals surface area contributed by atoms with Crippen molar-refractivity contribution in [2.45, 2.75) is 20.0 Å². The van der Waals surface area contributed by atoms with Gasteiger partial charge in [-0.25, -0.2) is 0 Å². The summed E-state index contributed by atoms with van der Waals surface area (Å²) >= 11 is 0. The SMILES string of the molecule is COCC(C)CN1Cc2cccc(N)c2C1. The summed E-state index contributed by atoms with van der Waals surface area (Å²) < 4.78 is 5.16. The number of methoxy groups -OCH3 is 1. The van der Waals surface area contributed by atoms with Crippen LogP contribution in [0.5, 0.6) is 0 Å². The second-order valence-corrected chi connectivity index (χ2v) is 4.72. The predicted octanol–water partition coefficient (Wildman–Crippen LogP) is 1.87. The Bertz CT molecular complexity index is 365. The van der Waals surface area contributed by atoms with Crippen LogP contribution in [0.4, 0.5) is 5.69 Å². The molecule has 1 heterocycles. The Hall–Kier alpha value is -1.06. The Labute approximate surface area is 97.2 Å². The summed E-state index contributed by atoms with van der Waals surface area (Å²) in [5, 5.41) is 0. The topological polar surface area (TPSA) is 38.5 Å². The molecule has 3 heteroatoms. The van der Waals surface area contributed by atoms with Gasteiger partial charge < -0.3 is 10.5 Å². The van der Waals surface area contributed by atoms with Gasteiger partial charge in [0.1, 0.15) is 0 Å². The zero-order chi connectivity index (χ0) is 11.5. The first-order chi connectivity index (χ1) is 7.70. The number of nitrogens with zero attached hydrogens (tertiary/aromatic N) is 1. The van der Waals surface area contributed by atoms with Crippen molar-refractivity contribution in [3.8, 4) is 0 Å². The molecule has 0 saturated carbocycles. The van der Waals surface area contributed by atoms with E-state index in [0.717, 1.165) is 31.9 Å². The van der Waals surface area contributed by atoms with Crippen molar-refractivity contribution < 1.29 is 4.74 Å². The van der Waals surface area contributed by atoms with Crippen molar-refractivity contribution in [3.05, 3.63) is 29.3 Å². The van der Waals surface area contributed by atoms with Crippen molar-refractivity contribution in [1.29, 1.82) is 0 Å². The Morgan fingerprint density at radius 3 is 2.94 bits per heavy atom. The first-order valence-corrected chi connectivity index (χ1v) is 5.78. The first kappa shape index (κ1) is 11.4. The smallest absolute Gasteiger partial charge is 0.0500 e. The predicted molar refractivity (Wildman–Crippen MR) is 66.0 cm³/mol. The zero-order valence-corrected chi connectivity index (χ0v) is 10.1. The number of fused-ring (bicyclic) bond motifs is 1. The van der Waals surface area contributed by atoms with Crippen molar-refractivity contribution in [1.82, 2.24) is 4.90 Å². The molecule has 1 aliphatic heterocycles. The molecule has 3 nitrogen and oxygen atoms in total. The molecule has 88 valence electrons. The van der Waals surface area contributed by atoms with Gasteiger partial charge in [-0.3, -0.25) is 4.90 Å². The lowest BCUT2D eigenvalue weighted by atomic mass is 10.1. The van der Waals surface area contributed by atoms with E-state index in [9.17, 15) is 0 Å². The maximum atomic E-state index is 5.97. The third kappa shape index (κ3) is 2.36. The molecule has 1 unspecified atom stereocenters. The molecule has 0 aliphatic carbocycles. The monoisotopic (exact) mass is 220 g/mol. The van der Waals surface area contributed by atoms with Crippen LogP contribution in [0.15, 0.2) is 18.2 Å². The van der Waals surface area contributed by atoms with E-state index in [1.54, 1.807) is 7.11 Å². The van der Waals surface area contributed by atoms with Gasteiger partial charge in [-0.1, -0.05) is 19.1 Å². The van der Waals surface area contributed by atoms with E-state index in [1.165, 1.54) is 11.1 Å². The molecule has 1 aromatic rings. The number of rotatable bonds is 4. The molecule has 2 N–H and O–H groups in total. The number of hydrogen-bond acceptors (Lipinski definition) is 3. The number of nitrogen functional groups attached to an aromatic ring is 1. The van der Waals surface area contributed by atoms with Gasteiger partial charge in [0.05, 0.1) is 0 Å². The van der Waals surface area contributed by atoms with Crippen LogP contribution < -0.4 is 5.73 Å². The van der Waals surface area contributed by atoms with Crippen LogP contribution in [0, 0.1) is 5.92 Å². The molecule has 0 radical (unpaired) electrons. The summed E-state index contributed by atoms with van der Waals surface area (Å²) in [5.74, 6) is 0.570. The minimum atomic E-state index is 0.570.